The molecule has 3 unspecified atom stereocenters. The van der Waals surface area contributed by atoms with Gasteiger partial charge >= 0.3 is 0 Å². The summed E-state index contributed by atoms with van der Waals surface area (Å²) in [7, 11) is 0. The van der Waals surface area contributed by atoms with E-state index in [4.69, 9.17) is 0 Å². The Morgan fingerprint density at radius 3 is 3.05 bits per heavy atom. The van der Waals surface area contributed by atoms with Gasteiger partial charge in [-0.25, -0.2) is 0 Å². The minimum Gasteiger partial charge on any atom is -0.353 e. The zero-order chi connectivity index (χ0) is 14.4. The SMILES string of the molecule is CC(Cc1ccsc1)NC(=O)CC(C)C1CCCNC1. The van der Waals surface area contributed by atoms with E-state index in [2.05, 4.69) is 41.3 Å². The number of thiophene rings is 1. The molecule has 0 bridgehead atoms. The molecule has 0 aromatic carbocycles. The van der Waals surface area contributed by atoms with Crippen molar-refractivity contribution in [1.29, 1.82) is 0 Å². The predicted octanol–water partition coefficient (Wildman–Crippen LogP) is 2.82. The first-order chi connectivity index (χ1) is 9.65. The van der Waals surface area contributed by atoms with Crippen LogP contribution in [0.4, 0.5) is 0 Å². The van der Waals surface area contributed by atoms with Gasteiger partial charge in [0, 0.05) is 12.5 Å². The number of carbonyl (C=O) groups is 1. The van der Waals surface area contributed by atoms with Gasteiger partial charge in [-0.3, -0.25) is 4.79 Å². The second-order valence-corrected chi connectivity index (χ2v) is 6.87. The summed E-state index contributed by atoms with van der Waals surface area (Å²) in [6, 6.07) is 2.35. The highest BCUT2D eigenvalue weighted by Gasteiger charge is 2.22. The van der Waals surface area contributed by atoms with Crippen molar-refractivity contribution in [3.05, 3.63) is 22.4 Å². The van der Waals surface area contributed by atoms with Crippen LogP contribution in [0.1, 0.15) is 38.7 Å². The molecule has 3 nitrogen and oxygen atoms in total. The van der Waals surface area contributed by atoms with Crippen molar-refractivity contribution in [2.24, 2.45) is 11.8 Å². The summed E-state index contributed by atoms with van der Waals surface area (Å²) >= 11 is 1.71. The Hall–Kier alpha value is -0.870. The fourth-order valence-corrected chi connectivity index (χ4v) is 3.65. The van der Waals surface area contributed by atoms with Gasteiger partial charge in [-0.1, -0.05) is 6.92 Å². The first-order valence-electron chi connectivity index (χ1n) is 7.66. The monoisotopic (exact) mass is 294 g/mol. The van der Waals surface area contributed by atoms with Crippen LogP contribution in [0.25, 0.3) is 0 Å². The maximum Gasteiger partial charge on any atom is 0.220 e. The number of rotatable bonds is 6. The minimum atomic E-state index is 0.200. The topological polar surface area (TPSA) is 41.1 Å². The molecule has 1 aromatic heterocycles. The van der Waals surface area contributed by atoms with E-state index in [1.807, 2.05) is 0 Å². The van der Waals surface area contributed by atoms with Crippen molar-refractivity contribution in [3.8, 4) is 0 Å². The molecule has 1 aliphatic rings. The molecule has 1 aliphatic heterocycles. The second kappa shape index (κ2) is 7.79. The maximum atomic E-state index is 12.1. The molecule has 1 saturated heterocycles. The summed E-state index contributed by atoms with van der Waals surface area (Å²) in [5.41, 5.74) is 1.31. The second-order valence-electron chi connectivity index (χ2n) is 6.09. The van der Waals surface area contributed by atoms with Gasteiger partial charge in [0.25, 0.3) is 0 Å². The van der Waals surface area contributed by atoms with Crippen LogP contribution >= 0.6 is 11.3 Å². The van der Waals surface area contributed by atoms with Gasteiger partial charge in [-0.05, 0) is 73.5 Å². The van der Waals surface area contributed by atoms with E-state index in [0.717, 1.165) is 19.5 Å². The molecule has 2 rings (SSSR count). The largest absolute Gasteiger partial charge is 0.353 e. The molecule has 1 aromatic rings. The average molecular weight is 294 g/mol. The summed E-state index contributed by atoms with van der Waals surface area (Å²) in [5, 5.41) is 10.8. The summed E-state index contributed by atoms with van der Waals surface area (Å²) in [4.78, 5) is 12.1. The van der Waals surface area contributed by atoms with Gasteiger partial charge in [-0.2, -0.15) is 11.3 Å². The lowest BCUT2D eigenvalue weighted by Crippen LogP contribution is -2.38. The van der Waals surface area contributed by atoms with Crippen LogP contribution in [0, 0.1) is 11.8 Å². The fourth-order valence-electron chi connectivity index (χ4n) is 2.97. The third kappa shape index (κ3) is 4.91. The number of piperidine rings is 1. The van der Waals surface area contributed by atoms with E-state index >= 15 is 0 Å². The van der Waals surface area contributed by atoms with Gasteiger partial charge in [0.15, 0.2) is 0 Å². The Kier molecular flexibility index (Phi) is 6.05. The van der Waals surface area contributed by atoms with Gasteiger partial charge in [0.2, 0.25) is 5.91 Å². The highest BCUT2D eigenvalue weighted by molar-refractivity contribution is 7.07. The summed E-state index contributed by atoms with van der Waals surface area (Å²) < 4.78 is 0. The standard InChI is InChI=1S/C16H26N2OS/c1-12(15-4-3-6-17-10-15)8-16(19)18-13(2)9-14-5-7-20-11-14/h5,7,11-13,15,17H,3-4,6,8-10H2,1-2H3,(H,18,19). The van der Waals surface area contributed by atoms with Crippen molar-refractivity contribution >= 4 is 17.2 Å². The number of amides is 1. The lowest BCUT2D eigenvalue weighted by molar-refractivity contribution is -0.122. The average Bonchev–Trinajstić information content (AvgIpc) is 2.92. The van der Waals surface area contributed by atoms with E-state index in [-0.39, 0.29) is 11.9 Å². The van der Waals surface area contributed by atoms with Crippen LogP contribution < -0.4 is 10.6 Å². The van der Waals surface area contributed by atoms with Crippen molar-refractivity contribution in [2.45, 2.75) is 45.6 Å². The van der Waals surface area contributed by atoms with E-state index in [1.54, 1.807) is 11.3 Å². The Labute approximate surface area is 126 Å². The molecular weight excluding hydrogens is 268 g/mol. The number of nitrogens with one attached hydrogen (secondary N) is 2. The Morgan fingerprint density at radius 1 is 1.55 bits per heavy atom. The van der Waals surface area contributed by atoms with Crippen LogP contribution in [-0.4, -0.2) is 25.0 Å². The molecule has 20 heavy (non-hydrogen) atoms. The smallest absolute Gasteiger partial charge is 0.220 e. The van der Waals surface area contributed by atoms with Crippen LogP contribution in [0.2, 0.25) is 0 Å². The van der Waals surface area contributed by atoms with Gasteiger partial charge in [-0.15, -0.1) is 0 Å². The Bertz CT molecular complexity index is 399. The lowest BCUT2D eigenvalue weighted by atomic mass is 9.85. The molecule has 0 radical (unpaired) electrons. The summed E-state index contributed by atoms with van der Waals surface area (Å²) in [6.45, 7) is 6.50. The molecule has 1 fully saturated rings. The van der Waals surface area contributed by atoms with E-state index in [0.29, 0.717) is 18.3 Å². The lowest BCUT2D eigenvalue weighted by Gasteiger charge is -2.28. The highest BCUT2D eigenvalue weighted by atomic mass is 32.1. The number of hydrogen-bond donors (Lipinski definition) is 2. The first-order valence-corrected chi connectivity index (χ1v) is 8.60. The van der Waals surface area contributed by atoms with Crippen LogP contribution in [0.3, 0.4) is 0 Å². The van der Waals surface area contributed by atoms with Crippen LogP contribution in [0.5, 0.6) is 0 Å². The molecule has 0 spiro atoms. The van der Waals surface area contributed by atoms with Gasteiger partial charge in [0.05, 0.1) is 0 Å². The number of carbonyl (C=O) groups excluding carboxylic acids is 1. The fraction of sp³-hybridized carbons (Fsp3) is 0.688. The molecule has 112 valence electrons. The maximum absolute atomic E-state index is 12.1. The van der Waals surface area contributed by atoms with Gasteiger partial charge in [0.1, 0.15) is 0 Å². The zero-order valence-electron chi connectivity index (χ0n) is 12.5. The van der Waals surface area contributed by atoms with E-state index < -0.39 is 0 Å². The molecular formula is C16H26N2OS. The summed E-state index contributed by atoms with van der Waals surface area (Å²) in [6.07, 6.45) is 4.08. The van der Waals surface area contributed by atoms with E-state index in [9.17, 15) is 4.79 Å². The predicted molar refractivity (Wildman–Crippen MR) is 85.0 cm³/mol. The molecule has 4 heteroatoms. The normalized spacial score (nSPS) is 22.2. The van der Waals surface area contributed by atoms with Crippen molar-refractivity contribution < 1.29 is 4.79 Å². The molecule has 0 aliphatic carbocycles. The molecule has 2 heterocycles. The van der Waals surface area contributed by atoms with E-state index in [1.165, 1.54) is 18.4 Å². The number of hydrogen-bond acceptors (Lipinski definition) is 3. The Balaban J connectivity index is 1.71. The first kappa shape index (κ1) is 15.5. The molecule has 3 atom stereocenters. The van der Waals surface area contributed by atoms with Crippen molar-refractivity contribution in [2.75, 3.05) is 13.1 Å². The molecule has 0 saturated carbocycles. The Morgan fingerprint density at radius 2 is 2.40 bits per heavy atom. The van der Waals surface area contributed by atoms with Crippen LogP contribution in [-0.2, 0) is 11.2 Å². The molecule has 1 amide bonds. The zero-order valence-corrected chi connectivity index (χ0v) is 13.3. The van der Waals surface area contributed by atoms with Crippen LogP contribution in [0.15, 0.2) is 16.8 Å². The quantitative estimate of drug-likeness (QED) is 0.847. The van der Waals surface area contributed by atoms with Crippen molar-refractivity contribution in [3.63, 3.8) is 0 Å². The third-order valence-electron chi connectivity index (χ3n) is 4.18. The highest BCUT2D eigenvalue weighted by Crippen LogP contribution is 2.22. The minimum absolute atomic E-state index is 0.200. The summed E-state index contributed by atoms with van der Waals surface area (Å²) in [5.74, 6) is 1.32. The molecule has 2 N–H and O–H groups in total. The van der Waals surface area contributed by atoms with Gasteiger partial charge < -0.3 is 10.6 Å². The van der Waals surface area contributed by atoms with Crippen molar-refractivity contribution in [1.82, 2.24) is 10.6 Å². The third-order valence-corrected chi connectivity index (χ3v) is 4.91.